The summed E-state index contributed by atoms with van der Waals surface area (Å²) in [6, 6.07) is 0.402. The number of carboxylic acids is 1. The smallest absolute Gasteiger partial charge is 0.303 e. The average molecular weight is 330 g/mol. The van der Waals surface area contributed by atoms with Crippen LogP contribution in [0.4, 0.5) is 0 Å². The van der Waals surface area contributed by atoms with Gasteiger partial charge >= 0.3 is 5.97 Å². The highest BCUT2D eigenvalue weighted by Gasteiger charge is 1.95. The van der Waals surface area contributed by atoms with Crippen molar-refractivity contribution in [3.63, 3.8) is 0 Å². The third kappa shape index (κ3) is 30.0. The standard InChI is InChI=1S/C14H31N.C6H12O2/c1-3-4-5-6-7-8-9-10-11-12-13-14(2)15;1-2-3-4-5-6(7)8/h14H,3-13,15H2,1-2H3;2-5H2,1H3,(H,7,8). The van der Waals surface area contributed by atoms with Gasteiger partial charge in [-0.2, -0.15) is 0 Å². The zero-order valence-corrected chi connectivity index (χ0v) is 16.1. The summed E-state index contributed by atoms with van der Waals surface area (Å²) in [6.45, 7) is 6.44. The first kappa shape index (κ1) is 24.7. The summed E-state index contributed by atoms with van der Waals surface area (Å²) in [4.78, 5) is 9.87. The summed E-state index contributed by atoms with van der Waals surface area (Å²) in [5, 5.41) is 8.14. The molecule has 0 radical (unpaired) electrons. The van der Waals surface area contributed by atoms with Gasteiger partial charge in [-0.15, -0.1) is 0 Å². The fourth-order valence-electron chi connectivity index (χ4n) is 2.48. The van der Waals surface area contributed by atoms with Crippen LogP contribution in [0.3, 0.4) is 0 Å². The first-order chi connectivity index (χ1) is 11.0. The van der Waals surface area contributed by atoms with Gasteiger partial charge in [-0.25, -0.2) is 0 Å². The Hall–Kier alpha value is -0.570. The van der Waals surface area contributed by atoms with Gasteiger partial charge in [0.15, 0.2) is 0 Å². The van der Waals surface area contributed by atoms with Crippen LogP contribution in [0.25, 0.3) is 0 Å². The molecule has 0 fully saturated rings. The largest absolute Gasteiger partial charge is 0.481 e. The normalized spacial score (nSPS) is 11.7. The van der Waals surface area contributed by atoms with Gasteiger partial charge in [0.05, 0.1) is 0 Å². The molecule has 0 aliphatic rings. The van der Waals surface area contributed by atoms with Crippen molar-refractivity contribution in [1.29, 1.82) is 0 Å². The molecule has 3 heteroatoms. The van der Waals surface area contributed by atoms with E-state index in [9.17, 15) is 4.79 Å². The van der Waals surface area contributed by atoms with Crippen molar-refractivity contribution >= 4 is 5.97 Å². The molecular weight excluding hydrogens is 286 g/mol. The van der Waals surface area contributed by atoms with E-state index < -0.39 is 5.97 Å². The number of rotatable bonds is 15. The molecule has 0 aromatic rings. The second kappa shape index (κ2) is 21.4. The molecule has 0 heterocycles. The van der Waals surface area contributed by atoms with Gasteiger partial charge in [0.2, 0.25) is 0 Å². The topological polar surface area (TPSA) is 63.3 Å². The van der Waals surface area contributed by atoms with Crippen LogP contribution < -0.4 is 5.73 Å². The highest BCUT2D eigenvalue weighted by molar-refractivity contribution is 5.66. The minimum Gasteiger partial charge on any atom is -0.481 e. The number of nitrogens with two attached hydrogens (primary N) is 1. The molecule has 0 aromatic carbocycles. The van der Waals surface area contributed by atoms with Crippen molar-refractivity contribution < 1.29 is 9.90 Å². The predicted octanol–water partition coefficient (Wildman–Crippen LogP) is 6.30. The van der Waals surface area contributed by atoms with E-state index in [1.54, 1.807) is 0 Å². The van der Waals surface area contributed by atoms with Crippen LogP contribution in [0.15, 0.2) is 0 Å². The van der Waals surface area contributed by atoms with Gasteiger partial charge in [0.1, 0.15) is 0 Å². The molecule has 1 atom stereocenters. The molecule has 3 N–H and O–H groups in total. The van der Waals surface area contributed by atoms with Crippen LogP contribution >= 0.6 is 0 Å². The maximum absolute atomic E-state index is 9.87. The maximum Gasteiger partial charge on any atom is 0.303 e. The van der Waals surface area contributed by atoms with Crippen molar-refractivity contribution in [2.45, 2.75) is 123 Å². The molecule has 0 saturated carbocycles. The van der Waals surface area contributed by atoms with E-state index in [2.05, 4.69) is 20.8 Å². The van der Waals surface area contributed by atoms with Gasteiger partial charge in [0, 0.05) is 12.5 Å². The fourth-order valence-corrected chi connectivity index (χ4v) is 2.48. The lowest BCUT2D eigenvalue weighted by molar-refractivity contribution is -0.137. The molecule has 0 aromatic heterocycles. The van der Waals surface area contributed by atoms with Crippen molar-refractivity contribution in [1.82, 2.24) is 0 Å². The molecule has 0 rings (SSSR count). The van der Waals surface area contributed by atoms with Gasteiger partial charge in [0.25, 0.3) is 0 Å². The lowest BCUT2D eigenvalue weighted by atomic mass is 10.0. The highest BCUT2D eigenvalue weighted by atomic mass is 16.4. The van der Waals surface area contributed by atoms with Crippen molar-refractivity contribution in [2.24, 2.45) is 5.73 Å². The van der Waals surface area contributed by atoms with Crippen molar-refractivity contribution in [3.05, 3.63) is 0 Å². The van der Waals surface area contributed by atoms with E-state index in [1.165, 1.54) is 70.6 Å². The van der Waals surface area contributed by atoms with E-state index in [0.29, 0.717) is 12.5 Å². The van der Waals surface area contributed by atoms with Crippen LogP contribution in [0.5, 0.6) is 0 Å². The number of hydrogen-bond acceptors (Lipinski definition) is 2. The van der Waals surface area contributed by atoms with Crippen LogP contribution in [0.2, 0.25) is 0 Å². The second-order valence-corrected chi connectivity index (χ2v) is 6.80. The van der Waals surface area contributed by atoms with Gasteiger partial charge < -0.3 is 10.8 Å². The fraction of sp³-hybridized carbons (Fsp3) is 0.950. The molecule has 0 aliphatic carbocycles. The number of unbranched alkanes of at least 4 members (excludes halogenated alkanes) is 11. The van der Waals surface area contributed by atoms with Crippen LogP contribution in [0.1, 0.15) is 117 Å². The van der Waals surface area contributed by atoms with Gasteiger partial charge in [-0.1, -0.05) is 90.9 Å². The predicted molar refractivity (Wildman–Crippen MR) is 102 cm³/mol. The third-order valence-electron chi connectivity index (χ3n) is 4.01. The Labute approximate surface area is 145 Å². The van der Waals surface area contributed by atoms with E-state index in [1.807, 2.05) is 0 Å². The molecule has 1 unspecified atom stereocenters. The number of carboxylic acid groups (broad SMARTS) is 1. The minimum atomic E-state index is -0.682. The van der Waals surface area contributed by atoms with Gasteiger partial charge in [-0.05, 0) is 19.8 Å². The molecule has 140 valence electrons. The first-order valence-electron chi connectivity index (χ1n) is 10.0. The van der Waals surface area contributed by atoms with Crippen LogP contribution in [-0.4, -0.2) is 17.1 Å². The van der Waals surface area contributed by atoms with E-state index in [-0.39, 0.29) is 0 Å². The molecule has 3 nitrogen and oxygen atoms in total. The monoisotopic (exact) mass is 329 g/mol. The average Bonchev–Trinajstić information content (AvgIpc) is 2.49. The lowest BCUT2D eigenvalue weighted by Crippen LogP contribution is -2.13. The number of aliphatic carboxylic acids is 1. The summed E-state index contributed by atoms with van der Waals surface area (Å²) in [7, 11) is 0. The zero-order chi connectivity index (χ0) is 17.8. The molecule has 0 spiro atoms. The van der Waals surface area contributed by atoms with Crippen LogP contribution in [0, 0.1) is 0 Å². The van der Waals surface area contributed by atoms with E-state index in [4.69, 9.17) is 10.8 Å². The summed E-state index contributed by atoms with van der Waals surface area (Å²) < 4.78 is 0. The van der Waals surface area contributed by atoms with E-state index >= 15 is 0 Å². The maximum atomic E-state index is 9.87. The van der Waals surface area contributed by atoms with Gasteiger partial charge in [-0.3, -0.25) is 4.79 Å². The van der Waals surface area contributed by atoms with Crippen molar-refractivity contribution in [3.8, 4) is 0 Å². The molecule has 0 aliphatic heterocycles. The Morgan fingerprint density at radius 3 is 1.57 bits per heavy atom. The summed E-state index contributed by atoms with van der Waals surface area (Å²) in [5.41, 5.74) is 5.70. The Morgan fingerprint density at radius 2 is 1.17 bits per heavy atom. The molecule has 0 saturated heterocycles. The minimum absolute atomic E-state index is 0.327. The third-order valence-corrected chi connectivity index (χ3v) is 4.01. The molecular formula is C20H43NO2. The number of carbonyl (C=O) groups is 1. The van der Waals surface area contributed by atoms with Crippen LogP contribution in [-0.2, 0) is 4.79 Å². The summed E-state index contributed by atoms with van der Waals surface area (Å²) in [5.74, 6) is -0.682. The SMILES string of the molecule is CCCCCC(=O)O.CCCCCCCCCCCCC(C)N. The summed E-state index contributed by atoms with van der Waals surface area (Å²) >= 11 is 0. The highest BCUT2D eigenvalue weighted by Crippen LogP contribution is 2.11. The molecule has 23 heavy (non-hydrogen) atoms. The summed E-state index contributed by atoms with van der Waals surface area (Å²) in [6.07, 6.45) is 18.6. The lowest BCUT2D eigenvalue weighted by Gasteiger charge is -2.04. The second-order valence-electron chi connectivity index (χ2n) is 6.80. The van der Waals surface area contributed by atoms with Crippen molar-refractivity contribution in [2.75, 3.05) is 0 Å². The quantitative estimate of drug-likeness (QED) is 0.347. The van der Waals surface area contributed by atoms with E-state index in [0.717, 1.165) is 19.3 Å². The Morgan fingerprint density at radius 1 is 0.783 bits per heavy atom. The Bertz CT molecular complexity index is 230. The Balaban J connectivity index is 0. The molecule has 0 bridgehead atoms. The molecule has 0 amide bonds. The zero-order valence-electron chi connectivity index (χ0n) is 16.1. The number of hydrogen-bond donors (Lipinski definition) is 2. The Kier molecular flexibility index (Phi) is 23.0. The first-order valence-corrected chi connectivity index (χ1v) is 10.0.